The highest BCUT2D eigenvalue weighted by Crippen LogP contribution is 2.30. The lowest BCUT2D eigenvalue weighted by Gasteiger charge is -2.40. The van der Waals surface area contributed by atoms with Crippen molar-refractivity contribution in [1.82, 2.24) is 14.6 Å². The van der Waals surface area contributed by atoms with Gasteiger partial charge in [0.05, 0.1) is 16.4 Å². The van der Waals surface area contributed by atoms with Crippen molar-refractivity contribution >= 4 is 21.7 Å². The van der Waals surface area contributed by atoms with Crippen molar-refractivity contribution in [2.75, 3.05) is 32.5 Å². The minimum absolute atomic E-state index is 0.101. The Labute approximate surface area is 147 Å². The van der Waals surface area contributed by atoms with Crippen LogP contribution in [0.1, 0.15) is 36.0 Å². The quantitative estimate of drug-likeness (QED) is 0.750. The van der Waals surface area contributed by atoms with Crippen LogP contribution in [0.2, 0.25) is 0 Å². The van der Waals surface area contributed by atoms with Crippen LogP contribution >= 0.6 is 0 Å². The molecule has 0 spiro atoms. The standard InChI is InChI=1S/C16H24N4O4S/c1-24-16(11-19-25(22,23)13-3-4-13)6-8-20(9-7-16)15(21)12-2-5-14(17)18-10-12/h2,5,10,13,19H,3-4,6-9,11H2,1H3,(H2,17,18). The number of rotatable bonds is 6. The highest BCUT2D eigenvalue weighted by molar-refractivity contribution is 7.90. The van der Waals surface area contributed by atoms with E-state index in [0.717, 1.165) is 12.8 Å². The molecule has 25 heavy (non-hydrogen) atoms. The van der Waals surface area contributed by atoms with Crippen LogP contribution in [0.5, 0.6) is 0 Å². The number of nitrogens with one attached hydrogen (secondary N) is 1. The van der Waals surface area contributed by atoms with Gasteiger partial charge in [0.2, 0.25) is 10.0 Å². The maximum absolute atomic E-state index is 12.5. The van der Waals surface area contributed by atoms with Crippen LogP contribution < -0.4 is 10.5 Å². The first kappa shape index (κ1) is 18.1. The Morgan fingerprint density at radius 3 is 2.60 bits per heavy atom. The molecule has 1 aromatic rings. The van der Waals surface area contributed by atoms with Crippen LogP contribution in [0, 0.1) is 0 Å². The van der Waals surface area contributed by atoms with E-state index in [1.165, 1.54) is 6.20 Å². The first-order valence-electron chi connectivity index (χ1n) is 8.40. The third-order valence-corrected chi connectivity index (χ3v) is 6.88. The zero-order valence-electron chi connectivity index (χ0n) is 14.3. The van der Waals surface area contributed by atoms with Gasteiger partial charge in [0.15, 0.2) is 0 Å². The van der Waals surface area contributed by atoms with Crippen molar-refractivity contribution in [1.29, 1.82) is 0 Å². The molecule has 0 radical (unpaired) electrons. The van der Waals surface area contributed by atoms with Gasteiger partial charge in [0.1, 0.15) is 5.82 Å². The van der Waals surface area contributed by atoms with Crippen LogP contribution in [-0.4, -0.2) is 61.8 Å². The number of piperidine rings is 1. The Morgan fingerprint density at radius 1 is 1.40 bits per heavy atom. The van der Waals surface area contributed by atoms with Crippen molar-refractivity contribution in [3.05, 3.63) is 23.9 Å². The molecule has 1 saturated carbocycles. The van der Waals surface area contributed by atoms with E-state index in [0.29, 0.717) is 37.3 Å². The van der Waals surface area contributed by atoms with Gasteiger partial charge in [-0.05, 0) is 37.8 Å². The average Bonchev–Trinajstić information content (AvgIpc) is 3.46. The number of hydrogen-bond donors (Lipinski definition) is 2. The molecule has 1 saturated heterocycles. The molecule has 3 N–H and O–H groups in total. The molecule has 9 heteroatoms. The molecule has 0 aromatic carbocycles. The molecule has 0 bridgehead atoms. The van der Waals surface area contributed by atoms with Crippen molar-refractivity contribution in [2.24, 2.45) is 0 Å². The fourth-order valence-corrected chi connectivity index (χ4v) is 4.47. The summed E-state index contributed by atoms with van der Waals surface area (Å²) in [6.45, 7) is 1.25. The molecule has 0 unspecified atom stereocenters. The van der Waals surface area contributed by atoms with Gasteiger partial charge in [0, 0.05) is 32.9 Å². The molecule has 1 aromatic heterocycles. The SMILES string of the molecule is COC1(CNS(=O)(=O)C2CC2)CCN(C(=O)c2ccc(N)nc2)CC1. The molecule has 8 nitrogen and oxygen atoms in total. The minimum Gasteiger partial charge on any atom is -0.384 e. The number of carbonyl (C=O) groups excluding carboxylic acids is 1. The molecule has 1 aliphatic carbocycles. The first-order valence-corrected chi connectivity index (χ1v) is 9.94. The number of nitrogens with zero attached hydrogens (tertiary/aromatic N) is 2. The zero-order valence-corrected chi connectivity index (χ0v) is 15.1. The molecule has 3 rings (SSSR count). The van der Waals surface area contributed by atoms with E-state index in [2.05, 4.69) is 9.71 Å². The molecular weight excluding hydrogens is 344 g/mol. The number of carbonyl (C=O) groups is 1. The molecule has 2 heterocycles. The summed E-state index contributed by atoms with van der Waals surface area (Å²) >= 11 is 0. The number of nitrogen functional groups attached to an aromatic ring is 1. The van der Waals surface area contributed by atoms with E-state index >= 15 is 0 Å². The normalized spacial score (nSPS) is 20.4. The fraction of sp³-hybridized carbons (Fsp3) is 0.625. The lowest BCUT2D eigenvalue weighted by Crippen LogP contribution is -2.53. The number of methoxy groups -OCH3 is 1. The smallest absolute Gasteiger partial charge is 0.255 e. The number of anilines is 1. The van der Waals surface area contributed by atoms with E-state index in [1.807, 2.05) is 0 Å². The summed E-state index contributed by atoms with van der Waals surface area (Å²) in [5.41, 5.74) is 5.47. The van der Waals surface area contributed by atoms with E-state index < -0.39 is 15.6 Å². The van der Waals surface area contributed by atoms with Gasteiger partial charge in [-0.2, -0.15) is 0 Å². The second-order valence-corrected chi connectivity index (χ2v) is 8.76. The van der Waals surface area contributed by atoms with Gasteiger partial charge in [-0.1, -0.05) is 0 Å². The second-order valence-electron chi connectivity index (χ2n) is 6.72. The van der Waals surface area contributed by atoms with Gasteiger partial charge in [-0.25, -0.2) is 18.1 Å². The predicted molar refractivity (Wildman–Crippen MR) is 93.5 cm³/mol. The number of amides is 1. The van der Waals surface area contributed by atoms with Gasteiger partial charge >= 0.3 is 0 Å². The summed E-state index contributed by atoms with van der Waals surface area (Å²) < 4.78 is 32.4. The Hall–Kier alpha value is -1.71. The fourth-order valence-electron chi connectivity index (χ4n) is 3.01. The summed E-state index contributed by atoms with van der Waals surface area (Å²) in [7, 11) is -1.65. The van der Waals surface area contributed by atoms with Crippen LogP contribution in [0.4, 0.5) is 5.82 Å². The highest BCUT2D eigenvalue weighted by Gasteiger charge is 2.40. The third kappa shape index (κ3) is 4.10. The molecule has 0 atom stereocenters. The number of ether oxygens (including phenoxy) is 1. The Bertz CT molecular complexity index is 723. The summed E-state index contributed by atoms with van der Waals surface area (Å²) in [6.07, 6.45) is 4.08. The van der Waals surface area contributed by atoms with Crippen molar-refractivity contribution in [2.45, 2.75) is 36.5 Å². The van der Waals surface area contributed by atoms with Gasteiger partial charge in [0.25, 0.3) is 5.91 Å². The Kier molecular flexibility index (Phi) is 4.99. The van der Waals surface area contributed by atoms with Crippen LogP contribution in [0.15, 0.2) is 18.3 Å². The van der Waals surface area contributed by atoms with Crippen LogP contribution in [0.3, 0.4) is 0 Å². The molecule has 2 fully saturated rings. The molecule has 1 aliphatic heterocycles. The summed E-state index contributed by atoms with van der Waals surface area (Å²) in [4.78, 5) is 18.2. The van der Waals surface area contributed by atoms with Crippen molar-refractivity contribution < 1.29 is 17.9 Å². The summed E-state index contributed by atoms with van der Waals surface area (Å²) in [6, 6.07) is 3.26. The maximum atomic E-state index is 12.5. The van der Waals surface area contributed by atoms with Gasteiger partial charge in [-0.15, -0.1) is 0 Å². The summed E-state index contributed by atoms with van der Waals surface area (Å²) in [5, 5.41) is -0.249. The predicted octanol–water partition coefficient (Wildman–Crippen LogP) is 0.367. The average molecular weight is 368 g/mol. The molecule has 2 aliphatic rings. The van der Waals surface area contributed by atoms with Gasteiger partial charge < -0.3 is 15.4 Å². The first-order chi connectivity index (χ1) is 11.9. The largest absolute Gasteiger partial charge is 0.384 e. The van der Waals surface area contributed by atoms with Crippen LogP contribution in [0.25, 0.3) is 0 Å². The maximum Gasteiger partial charge on any atom is 0.255 e. The lowest BCUT2D eigenvalue weighted by atomic mass is 9.91. The second kappa shape index (κ2) is 6.89. The molecule has 1 amide bonds. The zero-order chi connectivity index (χ0) is 18.1. The highest BCUT2D eigenvalue weighted by atomic mass is 32.2. The lowest BCUT2D eigenvalue weighted by molar-refractivity contribution is -0.0474. The van der Waals surface area contributed by atoms with Crippen molar-refractivity contribution in [3.8, 4) is 0 Å². The number of likely N-dealkylation sites (tertiary alicyclic amines) is 1. The number of sulfonamides is 1. The number of hydrogen-bond acceptors (Lipinski definition) is 6. The topological polar surface area (TPSA) is 115 Å². The number of aromatic nitrogens is 1. The monoisotopic (exact) mass is 368 g/mol. The van der Waals surface area contributed by atoms with Crippen LogP contribution in [-0.2, 0) is 14.8 Å². The van der Waals surface area contributed by atoms with E-state index in [-0.39, 0.29) is 17.7 Å². The number of nitrogens with two attached hydrogens (primary N) is 1. The van der Waals surface area contributed by atoms with E-state index in [1.54, 1.807) is 24.1 Å². The van der Waals surface area contributed by atoms with E-state index in [9.17, 15) is 13.2 Å². The molecular formula is C16H24N4O4S. The number of pyridine rings is 1. The molecule has 138 valence electrons. The minimum atomic E-state index is -3.24. The van der Waals surface area contributed by atoms with Crippen molar-refractivity contribution in [3.63, 3.8) is 0 Å². The Morgan fingerprint density at radius 2 is 2.08 bits per heavy atom. The Balaban J connectivity index is 1.58. The van der Waals surface area contributed by atoms with E-state index in [4.69, 9.17) is 10.5 Å². The van der Waals surface area contributed by atoms with Gasteiger partial charge in [-0.3, -0.25) is 4.79 Å². The summed E-state index contributed by atoms with van der Waals surface area (Å²) in [5.74, 6) is 0.271. The third-order valence-electron chi connectivity index (χ3n) is 4.99.